The zero-order chi connectivity index (χ0) is 14.5. The van der Waals surface area contributed by atoms with Gasteiger partial charge in [-0.1, -0.05) is 18.2 Å². The van der Waals surface area contributed by atoms with Crippen LogP contribution in [0.1, 0.15) is 0 Å². The van der Waals surface area contributed by atoms with Gasteiger partial charge in [0.2, 0.25) is 5.91 Å². The maximum atomic E-state index is 11.8. The molecule has 2 N–H and O–H groups in total. The van der Waals surface area contributed by atoms with Crippen LogP contribution in [0.2, 0.25) is 0 Å². The Hall–Kier alpha value is -2.69. The summed E-state index contributed by atoms with van der Waals surface area (Å²) in [6.07, 6.45) is 0. The Morgan fingerprint density at radius 3 is 2.52 bits per heavy atom. The van der Waals surface area contributed by atoms with E-state index in [1.165, 1.54) is 0 Å². The van der Waals surface area contributed by atoms with Gasteiger partial charge in [-0.25, -0.2) is 0 Å². The van der Waals surface area contributed by atoms with Crippen molar-refractivity contribution < 1.29 is 14.3 Å². The molecule has 2 aromatic rings. The molecule has 5 heteroatoms. The maximum absolute atomic E-state index is 11.8. The van der Waals surface area contributed by atoms with Gasteiger partial charge in [-0.2, -0.15) is 0 Å². The molecular formula is C16H16N2O3. The van der Waals surface area contributed by atoms with Crippen LogP contribution in [-0.2, 0) is 4.79 Å². The van der Waals surface area contributed by atoms with Crippen LogP contribution < -0.4 is 20.1 Å². The van der Waals surface area contributed by atoms with Crippen LogP contribution in [0.5, 0.6) is 11.5 Å². The Bertz CT molecular complexity index is 629. The summed E-state index contributed by atoms with van der Waals surface area (Å²) in [6, 6.07) is 14.9. The van der Waals surface area contributed by atoms with Gasteiger partial charge in [0.1, 0.15) is 13.2 Å². The lowest BCUT2D eigenvalue weighted by Gasteiger charge is -2.19. The highest BCUT2D eigenvalue weighted by Crippen LogP contribution is 2.32. The molecule has 1 aliphatic rings. The van der Waals surface area contributed by atoms with Crippen molar-refractivity contribution in [3.8, 4) is 11.5 Å². The van der Waals surface area contributed by atoms with Crippen molar-refractivity contribution in [2.45, 2.75) is 0 Å². The number of benzene rings is 2. The predicted molar refractivity (Wildman–Crippen MR) is 81.0 cm³/mol. The summed E-state index contributed by atoms with van der Waals surface area (Å²) in [7, 11) is 0. The minimum absolute atomic E-state index is 0.101. The van der Waals surface area contributed by atoms with Crippen molar-refractivity contribution >= 4 is 17.3 Å². The van der Waals surface area contributed by atoms with Crippen molar-refractivity contribution in [2.75, 3.05) is 30.4 Å². The van der Waals surface area contributed by atoms with Crippen LogP contribution in [-0.4, -0.2) is 25.7 Å². The van der Waals surface area contributed by atoms with Gasteiger partial charge in [0.15, 0.2) is 11.5 Å². The smallest absolute Gasteiger partial charge is 0.243 e. The third kappa shape index (κ3) is 3.45. The van der Waals surface area contributed by atoms with E-state index in [1.54, 1.807) is 0 Å². The molecule has 1 aliphatic heterocycles. The molecule has 0 bridgehead atoms. The van der Waals surface area contributed by atoms with Gasteiger partial charge >= 0.3 is 0 Å². The maximum Gasteiger partial charge on any atom is 0.243 e. The fraction of sp³-hybridized carbons (Fsp3) is 0.188. The number of hydrogen-bond acceptors (Lipinski definition) is 4. The molecule has 2 aromatic carbocycles. The molecule has 5 nitrogen and oxygen atoms in total. The summed E-state index contributed by atoms with van der Waals surface area (Å²) in [6.45, 7) is 1.30. The fourth-order valence-electron chi connectivity index (χ4n) is 2.06. The van der Waals surface area contributed by atoms with E-state index in [1.807, 2.05) is 48.5 Å². The second-order valence-corrected chi connectivity index (χ2v) is 4.63. The molecule has 0 unspecified atom stereocenters. The molecular weight excluding hydrogens is 268 g/mol. The second-order valence-electron chi connectivity index (χ2n) is 4.63. The highest BCUT2D eigenvalue weighted by atomic mass is 16.6. The first-order valence-electron chi connectivity index (χ1n) is 6.80. The Balaban J connectivity index is 1.56. The third-order valence-corrected chi connectivity index (χ3v) is 3.05. The summed E-state index contributed by atoms with van der Waals surface area (Å²) in [4.78, 5) is 11.8. The predicted octanol–water partition coefficient (Wildman–Crippen LogP) is 2.51. The Morgan fingerprint density at radius 2 is 1.71 bits per heavy atom. The molecule has 0 saturated heterocycles. The minimum atomic E-state index is -0.101. The van der Waals surface area contributed by atoms with Crippen molar-refractivity contribution in [3.05, 3.63) is 48.5 Å². The molecule has 0 aromatic heterocycles. The monoisotopic (exact) mass is 284 g/mol. The molecule has 3 rings (SSSR count). The first kappa shape index (κ1) is 13.3. The number of carbonyl (C=O) groups is 1. The largest absolute Gasteiger partial charge is 0.486 e. The van der Waals surface area contributed by atoms with E-state index >= 15 is 0 Å². The van der Waals surface area contributed by atoms with Crippen LogP contribution in [0.3, 0.4) is 0 Å². The van der Waals surface area contributed by atoms with Gasteiger partial charge in [-0.05, 0) is 24.3 Å². The van der Waals surface area contributed by atoms with E-state index in [2.05, 4.69) is 10.6 Å². The van der Waals surface area contributed by atoms with Gasteiger partial charge in [0, 0.05) is 17.4 Å². The number of para-hydroxylation sites is 1. The average molecular weight is 284 g/mol. The molecule has 1 heterocycles. The number of nitrogens with one attached hydrogen (secondary N) is 2. The van der Waals surface area contributed by atoms with Crippen LogP contribution in [0.25, 0.3) is 0 Å². The summed E-state index contributed by atoms with van der Waals surface area (Å²) in [5, 5.41) is 5.88. The Kier molecular flexibility index (Phi) is 3.91. The molecule has 21 heavy (non-hydrogen) atoms. The Labute approximate surface area is 122 Å². The van der Waals surface area contributed by atoms with Crippen molar-refractivity contribution in [2.24, 2.45) is 0 Å². The van der Waals surface area contributed by atoms with Crippen LogP contribution in [0.4, 0.5) is 11.4 Å². The van der Waals surface area contributed by atoms with Crippen LogP contribution in [0, 0.1) is 0 Å². The zero-order valence-electron chi connectivity index (χ0n) is 11.5. The normalized spacial score (nSPS) is 12.6. The molecule has 0 aliphatic carbocycles. The molecule has 0 spiro atoms. The number of amides is 1. The summed E-state index contributed by atoms with van der Waals surface area (Å²) >= 11 is 0. The molecule has 0 atom stereocenters. The van der Waals surface area contributed by atoms with Gasteiger partial charge in [-0.3, -0.25) is 4.79 Å². The minimum Gasteiger partial charge on any atom is -0.486 e. The fourth-order valence-corrected chi connectivity index (χ4v) is 2.06. The molecule has 1 amide bonds. The van der Waals surface area contributed by atoms with Crippen molar-refractivity contribution in [1.82, 2.24) is 0 Å². The van der Waals surface area contributed by atoms with Crippen LogP contribution >= 0.6 is 0 Å². The van der Waals surface area contributed by atoms with E-state index in [9.17, 15) is 4.79 Å². The average Bonchev–Trinajstić information content (AvgIpc) is 2.54. The third-order valence-electron chi connectivity index (χ3n) is 3.05. The van der Waals surface area contributed by atoms with E-state index in [-0.39, 0.29) is 12.5 Å². The molecule has 0 radical (unpaired) electrons. The molecule has 108 valence electrons. The standard InChI is InChI=1S/C16H16N2O3/c19-16(18-12-4-2-1-3-5-12)11-17-13-6-7-14-15(10-13)21-9-8-20-14/h1-7,10,17H,8-9,11H2,(H,18,19). The number of carbonyl (C=O) groups excluding carboxylic acids is 1. The lowest BCUT2D eigenvalue weighted by molar-refractivity contribution is -0.114. The van der Waals surface area contributed by atoms with Crippen LogP contribution in [0.15, 0.2) is 48.5 Å². The summed E-state index contributed by atoms with van der Waals surface area (Å²) in [5.41, 5.74) is 1.61. The van der Waals surface area contributed by atoms with E-state index < -0.39 is 0 Å². The van der Waals surface area contributed by atoms with E-state index in [0.29, 0.717) is 19.0 Å². The lowest BCUT2D eigenvalue weighted by atomic mass is 10.2. The number of hydrogen-bond donors (Lipinski definition) is 2. The van der Waals surface area contributed by atoms with E-state index in [0.717, 1.165) is 17.1 Å². The quantitative estimate of drug-likeness (QED) is 0.905. The number of anilines is 2. The second kappa shape index (κ2) is 6.17. The first-order valence-corrected chi connectivity index (χ1v) is 6.80. The topological polar surface area (TPSA) is 59.6 Å². The summed E-state index contributed by atoms with van der Waals surface area (Å²) < 4.78 is 11.0. The van der Waals surface area contributed by atoms with E-state index in [4.69, 9.17) is 9.47 Å². The van der Waals surface area contributed by atoms with Crippen molar-refractivity contribution in [1.29, 1.82) is 0 Å². The SMILES string of the molecule is O=C(CNc1ccc2c(c1)OCCO2)Nc1ccccc1. The molecule has 0 fully saturated rings. The first-order chi connectivity index (χ1) is 10.3. The van der Waals surface area contributed by atoms with Gasteiger partial charge in [0.05, 0.1) is 6.54 Å². The van der Waals surface area contributed by atoms with Gasteiger partial charge in [-0.15, -0.1) is 0 Å². The molecule has 0 saturated carbocycles. The summed E-state index contributed by atoms with van der Waals surface area (Å²) in [5.74, 6) is 1.34. The highest BCUT2D eigenvalue weighted by molar-refractivity contribution is 5.93. The lowest BCUT2D eigenvalue weighted by Crippen LogP contribution is -2.22. The zero-order valence-corrected chi connectivity index (χ0v) is 11.5. The highest BCUT2D eigenvalue weighted by Gasteiger charge is 2.11. The number of ether oxygens (including phenoxy) is 2. The van der Waals surface area contributed by atoms with Gasteiger partial charge in [0.25, 0.3) is 0 Å². The van der Waals surface area contributed by atoms with Gasteiger partial charge < -0.3 is 20.1 Å². The number of rotatable bonds is 4. The Morgan fingerprint density at radius 1 is 0.952 bits per heavy atom. The number of fused-ring (bicyclic) bond motifs is 1. The van der Waals surface area contributed by atoms with Crippen molar-refractivity contribution in [3.63, 3.8) is 0 Å².